The number of hydrogen-bond donors (Lipinski definition) is 2. The average Bonchev–Trinajstić information content (AvgIpc) is 3.90. The van der Waals surface area contributed by atoms with Gasteiger partial charge < -0.3 is 24.2 Å². The molecule has 2 saturated heterocycles. The highest BCUT2D eigenvalue weighted by molar-refractivity contribution is 5.78. The molecule has 4 aromatic rings. The van der Waals surface area contributed by atoms with E-state index in [1.807, 2.05) is 58.8 Å². The van der Waals surface area contributed by atoms with Crippen LogP contribution >= 0.6 is 0 Å². The minimum Gasteiger partial charge on any atom is -0.444 e. The lowest BCUT2D eigenvalue weighted by Gasteiger charge is -2.35. The molecule has 3 aliphatic heterocycles. The number of nitrogens with zero attached hydrogens (tertiary/aromatic N) is 4. The highest BCUT2D eigenvalue weighted by atomic mass is 16.6. The SMILES string of the molecule is CC(C)(C)OC(=O)N1CCC[C@H]1c1ncc(-c2ccc3c(c2)COCc2cc(-c4cnc([C@@H]5[C@H]6CC[C@H](C6)N5C(=O)OC(C)(C)C)[nH]4)ccc2-3)[nH]1. The summed E-state index contributed by atoms with van der Waals surface area (Å²) in [5, 5.41) is 0. The highest BCUT2D eigenvalue weighted by Crippen LogP contribution is 2.50. The number of carbonyl (C=O) groups excluding carboxylic acids is 2. The third-order valence-electron chi connectivity index (χ3n) is 10.5. The second kappa shape index (κ2) is 12.5. The van der Waals surface area contributed by atoms with Gasteiger partial charge in [-0.1, -0.05) is 24.3 Å². The first-order valence-corrected chi connectivity index (χ1v) is 18.3. The molecule has 2 aromatic heterocycles. The van der Waals surface area contributed by atoms with Crippen molar-refractivity contribution in [1.29, 1.82) is 0 Å². The lowest BCUT2D eigenvalue weighted by molar-refractivity contribution is 0.00613. The third-order valence-corrected chi connectivity index (χ3v) is 10.5. The van der Waals surface area contributed by atoms with Crippen molar-refractivity contribution in [1.82, 2.24) is 29.7 Å². The predicted molar refractivity (Wildman–Crippen MR) is 192 cm³/mol. The van der Waals surface area contributed by atoms with Gasteiger partial charge in [0.05, 0.1) is 49.1 Å². The fourth-order valence-corrected chi connectivity index (χ4v) is 8.35. The Morgan fingerprint density at radius 1 is 0.784 bits per heavy atom. The van der Waals surface area contributed by atoms with Crippen LogP contribution in [0.2, 0.25) is 0 Å². The molecule has 4 aliphatic rings. The Balaban J connectivity index is 1.01. The number of amides is 2. The van der Waals surface area contributed by atoms with Crippen LogP contribution in [0.25, 0.3) is 33.6 Å². The van der Waals surface area contributed by atoms with Gasteiger partial charge in [-0.15, -0.1) is 0 Å². The predicted octanol–water partition coefficient (Wildman–Crippen LogP) is 8.70. The van der Waals surface area contributed by atoms with Crippen LogP contribution in [0.4, 0.5) is 9.59 Å². The summed E-state index contributed by atoms with van der Waals surface area (Å²) in [6, 6.07) is 12.9. The van der Waals surface area contributed by atoms with E-state index >= 15 is 0 Å². The minimum absolute atomic E-state index is 0.106. The van der Waals surface area contributed by atoms with E-state index in [0.717, 1.165) is 88.5 Å². The molecule has 2 bridgehead atoms. The molecule has 3 fully saturated rings. The van der Waals surface area contributed by atoms with Gasteiger partial charge >= 0.3 is 12.2 Å². The van der Waals surface area contributed by atoms with E-state index in [0.29, 0.717) is 25.7 Å². The van der Waals surface area contributed by atoms with Crippen molar-refractivity contribution in [3.05, 3.63) is 71.6 Å². The molecule has 8 rings (SSSR count). The number of rotatable bonds is 4. The number of likely N-dealkylation sites (tertiary alicyclic amines) is 2. The number of aromatic amines is 2. The first-order chi connectivity index (χ1) is 24.3. The zero-order valence-electron chi connectivity index (χ0n) is 30.4. The Hall–Kier alpha value is -4.64. The molecule has 51 heavy (non-hydrogen) atoms. The smallest absolute Gasteiger partial charge is 0.411 e. The van der Waals surface area contributed by atoms with E-state index in [9.17, 15) is 9.59 Å². The molecular weight excluding hydrogens is 644 g/mol. The number of benzene rings is 2. The summed E-state index contributed by atoms with van der Waals surface area (Å²) in [6.07, 6.45) is 8.02. The number of hydrogen-bond acceptors (Lipinski definition) is 7. The van der Waals surface area contributed by atoms with Crippen LogP contribution in [0, 0.1) is 5.92 Å². The standard InChI is InChI=1S/C40H48N6O5/c1-39(2,3)50-37(47)45-15-7-8-33(45)35-41-19-31(43-35)23-10-13-29-26(16-23)21-49-22-27-17-24(11-14-30(27)29)32-20-42-36(44-32)34-25-9-12-28(18-25)46(34)38(48)51-40(4,5)6/h10-11,13-14,16-17,19-20,25,28,33-34H,7-9,12,15,18,21-22H2,1-6H3,(H,41,43)(H,42,44)/t25-,28+,33-,34-/m0/s1. The summed E-state index contributed by atoms with van der Waals surface area (Å²) in [5.41, 5.74) is 7.27. The summed E-state index contributed by atoms with van der Waals surface area (Å²) in [5.74, 6) is 1.98. The number of ether oxygens (including phenoxy) is 3. The Morgan fingerprint density at radius 3 is 2.00 bits per heavy atom. The molecule has 2 N–H and O–H groups in total. The van der Waals surface area contributed by atoms with Crippen LogP contribution in [0.3, 0.4) is 0 Å². The van der Waals surface area contributed by atoms with Gasteiger partial charge in [-0.25, -0.2) is 19.6 Å². The minimum atomic E-state index is -0.549. The molecular formula is C40H48N6O5. The van der Waals surface area contributed by atoms with Crippen molar-refractivity contribution >= 4 is 12.2 Å². The van der Waals surface area contributed by atoms with Crippen molar-refractivity contribution in [2.24, 2.45) is 5.92 Å². The third kappa shape index (κ3) is 6.52. The lowest BCUT2D eigenvalue weighted by Crippen LogP contribution is -2.43. The van der Waals surface area contributed by atoms with Gasteiger partial charge in [-0.05, 0) is 125 Å². The second-order valence-electron chi connectivity index (χ2n) is 16.5. The van der Waals surface area contributed by atoms with Crippen molar-refractivity contribution in [2.75, 3.05) is 6.54 Å². The van der Waals surface area contributed by atoms with Crippen molar-refractivity contribution in [2.45, 2.75) is 116 Å². The van der Waals surface area contributed by atoms with Crippen LogP contribution in [0.15, 0.2) is 48.8 Å². The average molecular weight is 693 g/mol. The van der Waals surface area contributed by atoms with Gasteiger partial charge in [0.1, 0.15) is 22.9 Å². The van der Waals surface area contributed by atoms with E-state index in [4.69, 9.17) is 24.2 Å². The fraction of sp³-hybridized carbons (Fsp3) is 0.500. The monoisotopic (exact) mass is 692 g/mol. The Bertz CT molecular complexity index is 1970. The maximum atomic E-state index is 13.3. The summed E-state index contributed by atoms with van der Waals surface area (Å²) in [6.45, 7) is 13.0. The van der Waals surface area contributed by atoms with E-state index in [1.165, 1.54) is 0 Å². The largest absolute Gasteiger partial charge is 0.444 e. The Labute approximate surface area is 299 Å². The first-order valence-electron chi connectivity index (χ1n) is 18.3. The molecule has 5 heterocycles. The highest BCUT2D eigenvalue weighted by Gasteiger charge is 2.51. The van der Waals surface area contributed by atoms with Crippen molar-refractivity contribution in [3.8, 4) is 33.6 Å². The van der Waals surface area contributed by atoms with E-state index in [2.05, 4.69) is 46.4 Å². The van der Waals surface area contributed by atoms with Gasteiger partial charge in [0, 0.05) is 12.6 Å². The van der Waals surface area contributed by atoms with Gasteiger partial charge in [-0.2, -0.15) is 0 Å². The van der Waals surface area contributed by atoms with Gasteiger partial charge in [0.15, 0.2) is 0 Å². The molecule has 1 aliphatic carbocycles. The normalized spacial score (nSPS) is 22.9. The summed E-state index contributed by atoms with van der Waals surface area (Å²) in [4.78, 5) is 46.4. The van der Waals surface area contributed by atoms with Gasteiger partial charge in [-0.3, -0.25) is 9.80 Å². The van der Waals surface area contributed by atoms with Crippen LogP contribution in [0.5, 0.6) is 0 Å². The van der Waals surface area contributed by atoms with Gasteiger partial charge in [0.2, 0.25) is 0 Å². The van der Waals surface area contributed by atoms with Crippen LogP contribution in [0.1, 0.15) is 109 Å². The molecule has 11 nitrogen and oxygen atoms in total. The molecule has 4 atom stereocenters. The molecule has 268 valence electrons. The van der Waals surface area contributed by atoms with Gasteiger partial charge in [0.25, 0.3) is 0 Å². The summed E-state index contributed by atoms with van der Waals surface area (Å²) in [7, 11) is 0. The number of imidazole rings is 2. The number of carbonyl (C=O) groups is 2. The number of piperidine rings is 1. The quantitative estimate of drug-likeness (QED) is 0.219. The number of nitrogens with one attached hydrogen (secondary N) is 2. The maximum absolute atomic E-state index is 13.3. The molecule has 0 unspecified atom stereocenters. The van der Waals surface area contributed by atoms with Crippen molar-refractivity contribution in [3.63, 3.8) is 0 Å². The number of aromatic nitrogens is 4. The molecule has 2 aromatic carbocycles. The second-order valence-corrected chi connectivity index (χ2v) is 16.5. The number of H-pyrrole nitrogens is 2. The fourth-order valence-electron chi connectivity index (χ4n) is 8.35. The molecule has 0 radical (unpaired) electrons. The van der Waals surface area contributed by atoms with Crippen LogP contribution < -0.4 is 0 Å². The molecule has 2 amide bonds. The van der Waals surface area contributed by atoms with E-state index in [-0.39, 0.29) is 30.3 Å². The summed E-state index contributed by atoms with van der Waals surface area (Å²) < 4.78 is 17.7. The number of fused-ring (bicyclic) bond motifs is 5. The molecule has 0 spiro atoms. The topological polar surface area (TPSA) is 126 Å². The molecule has 11 heteroatoms. The zero-order chi connectivity index (χ0) is 35.7. The zero-order valence-corrected chi connectivity index (χ0v) is 30.4. The van der Waals surface area contributed by atoms with E-state index in [1.54, 1.807) is 4.90 Å². The van der Waals surface area contributed by atoms with Crippen LogP contribution in [-0.2, 0) is 27.4 Å². The molecule has 1 saturated carbocycles. The van der Waals surface area contributed by atoms with Crippen molar-refractivity contribution < 1.29 is 23.8 Å². The summed E-state index contributed by atoms with van der Waals surface area (Å²) >= 11 is 0. The maximum Gasteiger partial charge on any atom is 0.411 e. The lowest BCUT2D eigenvalue weighted by atomic mass is 9.93. The Morgan fingerprint density at radius 2 is 1.37 bits per heavy atom. The Kier molecular flexibility index (Phi) is 8.24. The van der Waals surface area contributed by atoms with E-state index < -0.39 is 11.2 Å². The first kappa shape index (κ1) is 33.5. The van der Waals surface area contributed by atoms with Crippen LogP contribution in [-0.4, -0.2) is 65.7 Å².